The van der Waals surface area contributed by atoms with Gasteiger partial charge in [0.1, 0.15) is 5.75 Å². The summed E-state index contributed by atoms with van der Waals surface area (Å²) in [5, 5.41) is 4.07. The number of carbonyl (C=O) groups excluding carboxylic acids is 1. The van der Waals surface area contributed by atoms with E-state index in [2.05, 4.69) is 22.0 Å². The van der Waals surface area contributed by atoms with Crippen molar-refractivity contribution in [2.45, 2.75) is 32.9 Å². The molecule has 1 amide bonds. The number of carbonyl (C=O) groups is 1. The summed E-state index contributed by atoms with van der Waals surface area (Å²) in [6.07, 6.45) is 0.903. The minimum absolute atomic E-state index is 0. The number of nitrogens with zero attached hydrogens (tertiary/aromatic N) is 4. The highest BCUT2D eigenvalue weighted by Crippen LogP contribution is 2.20. The molecule has 29 heavy (non-hydrogen) atoms. The van der Waals surface area contributed by atoms with Crippen LogP contribution in [-0.2, 0) is 11.3 Å². The first-order valence-electron chi connectivity index (χ1n) is 9.75. The highest BCUT2D eigenvalue weighted by atomic mass is 35.5. The lowest BCUT2D eigenvalue weighted by molar-refractivity contribution is -0.135. The number of nitrogens with two attached hydrogens (primary N) is 1. The zero-order valence-corrected chi connectivity index (χ0v) is 18.0. The van der Waals surface area contributed by atoms with Crippen LogP contribution in [0.15, 0.2) is 28.8 Å². The normalized spacial score (nSPS) is 16.8. The van der Waals surface area contributed by atoms with Crippen LogP contribution in [0.5, 0.6) is 5.75 Å². The molecule has 2 aromatic rings. The van der Waals surface area contributed by atoms with Gasteiger partial charge in [-0.25, -0.2) is 0 Å². The van der Waals surface area contributed by atoms with Crippen LogP contribution in [0.1, 0.15) is 26.2 Å². The van der Waals surface area contributed by atoms with Crippen LogP contribution in [0.25, 0.3) is 11.4 Å². The van der Waals surface area contributed by atoms with Gasteiger partial charge in [0.2, 0.25) is 17.6 Å². The van der Waals surface area contributed by atoms with E-state index in [1.807, 2.05) is 36.1 Å². The van der Waals surface area contributed by atoms with E-state index in [0.29, 0.717) is 31.3 Å². The molecule has 2 heterocycles. The molecule has 1 aliphatic heterocycles. The minimum Gasteiger partial charge on any atom is -0.497 e. The fourth-order valence-corrected chi connectivity index (χ4v) is 3.20. The molecule has 1 saturated heterocycles. The Kier molecular flexibility index (Phi) is 8.43. The Morgan fingerprint density at radius 3 is 2.48 bits per heavy atom. The Morgan fingerprint density at radius 2 is 1.90 bits per heavy atom. The number of hydrogen-bond donors (Lipinski definition) is 1. The van der Waals surface area contributed by atoms with Gasteiger partial charge in [0.15, 0.2) is 0 Å². The summed E-state index contributed by atoms with van der Waals surface area (Å²) >= 11 is 0. The molecule has 1 aliphatic rings. The Balaban J connectivity index is 0.00000300. The summed E-state index contributed by atoms with van der Waals surface area (Å²) in [7, 11) is 1.63. The zero-order chi connectivity index (χ0) is 20.1. The van der Waals surface area contributed by atoms with E-state index in [1.54, 1.807) is 7.11 Å². The smallest absolute Gasteiger partial charge is 0.241 e. The average molecular weight is 424 g/mol. The molecule has 1 fully saturated rings. The molecule has 2 unspecified atom stereocenters. The average Bonchev–Trinajstić information content (AvgIpc) is 3.21. The van der Waals surface area contributed by atoms with Gasteiger partial charge >= 0.3 is 0 Å². The number of aromatic nitrogens is 2. The monoisotopic (exact) mass is 423 g/mol. The van der Waals surface area contributed by atoms with Gasteiger partial charge in [-0.2, -0.15) is 4.98 Å². The number of hydrogen-bond acceptors (Lipinski definition) is 7. The third-order valence-electron chi connectivity index (χ3n) is 5.40. The van der Waals surface area contributed by atoms with Crippen LogP contribution in [0.3, 0.4) is 0 Å². The quantitative estimate of drug-likeness (QED) is 0.728. The van der Waals surface area contributed by atoms with Crippen molar-refractivity contribution in [2.75, 3.05) is 33.3 Å². The van der Waals surface area contributed by atoms with Crippen molar-refractivity contribution in [3.8, 4) is 17.1 Å². The second-order valence-electron chi connectivity index (χ2n) is 7.25. The van der Waals surface area contributed by atoms with Crippen LogP contribution in [0, 0.1) is 5.92 Å². The van der Waals surface area contributed by atoms with Crippen LogP contribution in [0.2, 0.25) is 0 Å². The number of ether oxygens (including phenoxy) is 1. The summed E-state index contributed by atoms with van der Waals surface area (Å²) in [4.78, 5) is 21.1. The highest BCUT2D eigenvalue weighted by molar-refractivity contribution is 5.85. The van der Waals surface area contributed by atoms with Crippen LogP contribution < -0.4 is 10.5 Å². The third-order valence-corrected chi connectivity index (χ3v) is 5.40. The molecule has 0 radical (unpaired) electrons. The molecule has 0 bridgehead atoms. The van der Waals surface area contributed by atoms with Gasteiger partial charge in [-0.3, -0.25) is 9.69 Å². The maximum absolute atomic E-state index is 12.5. The van der Waals surface area contributed by atoms with E-state index < -0.39 is 6.04 Å². The number of rotatable bonds is 7. The van der Waals surface area contributed by atoms with Crippen molar-refractivity contribution >= 4 is 18.3 Å². The summed E-state index contributed by atoms with van der Waals surface area (Å²) in [5.74, 6) is 2.16. The first-order chi connectivity index (χ1) is 13.5. The standard InChI is InChI=1S/C20H29N5O3.ClH/c1-4-14(2)18(21)20(26)25-11-9-24(10-12-25)13-17-22-19(23-28-17)15-5-7-16(27-3)8-6-15;/h5-8,14,18H,4,9-13,21H2,1-3H3;1H. The SMILES string of the molecule is CCC(C)C(N)C(=O)N1CCN(Cc2nc(-c3ccc(OC)cc3)no2)CC1.Cl. The molecule has 0 aliphatic carbocycles. The van der Waals surface area contributed by atoms with Gasteiger partial charge in [-0.05, 0) is 30.2 Å². The summed E-state index contributed by atoms with van der Waals surface area (Å²) in [6, 6.07) is 7.12. The predicted octanol–water partition coefficient (Wildman–Crippen LogP) is 2.18. The van der Waals surface area contributed by atoms with Gasteiger partial charge in [0.25, 0.3) is 0 Å². The second kappa shape index (κ2) is 10.6. The molecular weight excluding hydrogens is 394 g/mol. The van der Waals surface area contributed by atoms with E-state index in [0.717, 1.165) is 30.8 Å². The molecule has 2 atom stereocenters. The van der Waals surface area contributed by atoms with Gasteiger partial charge in [-0.1, -0.05) is 25.4 Å². The first-order valence-corrected chi connectivity index (χ1v) is 9.75. The third kappa shape index (κ3) is 5.68. The lowest BCUT2D eigenvalue weighted by atomic mass is 9.98. The van der Waals surface area contributed by atoms with E-state index in [9.17, 15) is 4.79 Å². The predicted molar refractivity (Wildman–Crippen MR) is 113 cm³/mol. The maximum Gasteiger partial charge on any atom is 0.241 e. The van der Waals surface area contributed by atoms with Crippen LogP contribution in [-0.4, -0.2) is 65.2 Å². The molecule has 0 saturated carbocycles. The first kappa shape index (κ1) is 23.1. The Bertz CT molecular complexity index is 775. The molecule has 160 valence electrons. The molecule has 1 aromatic carbocycles. The summed E-state index contributed by atoms with van der Waals surface area (Å²) in [6.45, 7) is 7.51. The van der Waals surface area contributed by atoms with Crippen molar-refractivity contribution in [3.63, 3.8) is 0 Å². The van der Waals surface area contributed by atoms with Gasteiger partial charge < -0.3 is 19.9 Å². The highest BCUT2D eigenvalue weighted by Gasteiger charge is 2.28. The van der Waals surface area contributed by atoms with Gasteiger partial charge in [-0.15, -0.1) is 12.4 Å². The topological polar surface area (TPSA) is 97.7 Å². The van der Waals surface area contributed by atoms with Crippen molar-refractivity contribution in [1.82, 2.24) is 19.9 Å². The Hall–Kier alpha value is -2.16. The summed E-state index contributed by atoms with van der Waals surface area (Å²) in [5.41, 5.74) is 6.97. The fraction of sp³-hybridized carbons (Fsp3) is 0.550. The number of piperazine rings is 1. The van der Waals surface area contributed by atoms with E-state index in [1.165, 1.54) is 0 Å². The molecular formula is C20H30ClN5O3. The number of methoxy groups -OCH3 is 1. The van der Waals surface area contributed by atoms with Gasteiger partial charge in [0.05, 0.1) is 19.7 Å². The lowest BCUT2D eigenvalue weighted by Gasteiger charge is -2.36. The van der Waals surface area contributed by atoms with E-state index in [-0.39, 0.29) is 24.2 Å². The number of halogens is 1. The van der Waals surface area contributed by atoms with Crippen molar-refractivity contribution < 1.29 is 14.1 Å². The van der Waals surface area contributed by atoms with E-state index in [4.69, 9.17) is 15.0 Å². The maximum atomic E-state index is 12.5. The zero-order valence-electron chi connectivity index (χ0n) is 17.2. The van der Waals surface area contributed by atoms with E-state index >= 15 is 0 Å². The molecule has 8 nitrogen and oxygen atoms in total. The molecule has 9 heteroatoms. The second-order valence-corrected chi connectivity index (χ2v) is 7.25. The van der Waals surface area contributed by atoms with Crippen molar-refractivity contribution in [2.24, 2.45) is 11.7 Å². The minimum atomic E-state index is -0.417. The summed E-state index contributed by atoms with van der Waals surface area (Å²) < 4.78 is 10.6. The van der Waals surface area contributed by atoms with Crippen LogP contribution in [0.4, 0.5) is 0 Å². The lowest BCUT2D eigenvalue weighted by Crippen LogP contribution is -2.54. The number of amides is 1. The van der Waals surface area contributed by atoms with Crippen molar-refractivity contribution in [3.05, 3.63) is 30.2 Å². The fourth-order valence-electron chi connectivity index (χ4n) is 3.20. The molecule has 2 N–H and O–H groups in total. The number of benzene rings is 1. The Morgan fingerprint density at radius 1 is 1.24 bits per heavy atom. The molecule has 0 spiro atoms. The largest absolute Gasteiger partial charge is 0.497 e. The Labute approximate surface area is 177 Å². The molecule has 3 rings (SSSR count). The van der Waals surface area contributed by atoms with Crippen molar-refractivity contribution in [1.29, 1.82) is 0 Å². The molecule has 1 aromatic heterocycles. The van der Waals surface area contributed by atoms with Crippen LogP contribution >= 0.6 is 12.4 Å². The van der Waals surface area contributed by atoms with Gasteiger partial charge in [0, 0.05) is 31.7 Å².